The average Bonchev–Trinajstić information content (AvgIpc) is 1.12. The molecule has 0 aromatic rings. The fourth-order valence-electron chi connectivity index (χ4n) is 0. The Labute approximate surface area is 121 Å². The normalized spacial score (nSPS) is 8.29. The fourth-order valence-corrected chi connectivity index (χ4v) is 0. The molecular formula is H4BiNaO10S2. The maximum Gasteiger partial charge on any atom is 3.00 e. The molecule has 0 aromatic carbocycles. The molecule has 0 atom stereocenters. The summed E-state index contributed by atoms with van der Waals surface area (Å²) in [5.41, 5.74) is 0. The topological polar surface area (TPSA) is 224 Å². The Bertz CT molecular complexity index is 214. The number of hydrogen-bond donors (Lipinski definition) is 0. The second-order valence-corrected chi connectivity index (χ2v) is 2.45. The third-order valence-electron chi connectivity index (χ3n) is 0. The maximum atomic E-state index is 8.52. The van der Waals surface area contributed by atoms with E-state index in [0.717, 1.165) is 0 Å². The van der Waals surface area contributed by atoms with Crippen molar-refractivity contribution in [2.75, 3.05) is 0 Å². The molecule has 4 N–H and O–H groups in total. The van der Waals surface area contributed by atoms with E-state index in [1.807, 2.05) is 0 Å². The van der Waals surface area contributed by atoms with E-state index in [0.29, 0.717) is 0 Å². The van der Waals surface area contributed by atoms with Gasteiger partial charge in [0.05, 0.1) is 0 Å². The average molecular weight is 460 g/mol. The van der Waals surface area contributed by atoms with E-state index in [1.54, 1.807) is 0 Å². The van der Waals surface area contributed by atoms with Gasteiger partial charge in [0.15, 0.2) is 0 Å². The molecule has 0 aromatic heterocycles. The summed E-state index contributed by atoms with van der Waals surface area (Å²) in [7, 11) is -10.3. The van der Waals surface area contributed by atoms with Crippen LogP contribution in [0.2, 0.25) is 0 Å². The Balaban J connectivity index is -0.0000000178. The first-order chi connectivity index (χ1) is 4.00. The van der Waals surface area contributed by atoms with Crippen molar-refractivity contribution in [1.29, 1.82) is 0 Å². The van der Waals surface area contributed by atoms with Gasteiger partial charge in [0.2, 0.25) is 0 Å². The van der Waals surface area contributed by atoms with Crippen LogP contribution < -0.4 is 29.6 Å². The number of hydrogen-bond acceptors (Lipinski definition) is 8. The first kappa shape index (κ1) is 36.1. The van der Waals surface area contributed by atoms with Gasteiger partial charge in [-0.05, 0) is 0 Å². The summed E-state index contributed by atoms with van der Waals surface area (Å²) in [6, 6.07) is 0. The van der Waals surface area contributed by atoms with Gasteiger partial charge >= 0.3 is 55.8 Å². The van der Waals surface area contributed by atoms with Crippen molar-refractivity contribution in [3.8, 4) is 0 Å². The summed E-state index contributed by atoms with van der Waals surface area (Å²) in [6.07, 6.45) is 0. The molecule has 14 heavy (non-hydrogen) atoms. The minimum Gasteiger partial charge on any atom is -0.759 e. The summed E-state index contributed by atoms with van der Waals surface area (Å²) in [4.78, 5) is 0. The molecule has 0 bridgehead atoms. The minimum atomic E-state index is -5.17. The van der Waals surface area contributed by atoms with Crippen LogP contribution in [0.3, 0.4) is 0 Å². The van der Waals surface area contributed by atoms with Gasteiger partial charge in [-0.25, -0.2) is 0 Å². The van der Waals surface area contributed by atoms with E-state index in [-0.39, 0.29) is 66.7 Å². The first-order valence-electron chi connectivity index (χ1n) is 1.33. The van der Waals surface area contributed by atoms with Gasteiger partial charge < -0.3 is 29.2 Å². The van der Waals surface area contributed by atoms with Crippen LogP contribution in [0.5, 0.6) is 0 Å². The van der Waals surface area contributed by atoms with Crippen molar-refractivity contribution in [3.05, 3.63) is 0 Å². The van der Waals surface area contributed by atoms with Gasteiger partial charge in [-0.2, -0.15) is 0 Å². The van der Waals surface area contributed by atoms with Crippen molar-refractivity contribution < 1.29 is 75.6 Å². The first-order valence-corrected chi connectivity index (χ1v) is 4.00. The monoisotopic (exact) mass is 460 g/mol. The summed E-state index contributed by atoms with van der Waals surface area (Å²) in [6.45, 7) is 0. The molecule has 0 aliphatic heterocycles. The molecule has 0 aliphatic carbocycles. The third-order valence-corrected chi connectivity index (χ3v) is 0. The molecule has 14 heteroatoms. The van der Waals surface area contributed by atoms with Crippen LogP contribution >= 0.6 is 0 Å². The molecule has 0 amide bonds. The van der Waals surface area contributed by atoms with E-state index < -0.39 is 20.8 Å². The maximum absolute atomic E-state index is 8.52. The van der Waals surface area contributed by atoms with E-state index in [9.17, 15) is 0 Å². The summed E-state index contributed by atoms with van der Waals surface area (Å²) in [5, 5.41) is 0. The Morgan fingerprint density at radius 2 is 0.643 bits per heavy atom. The second kappa shape index (κ2) is 14.5. The molecule has 0 unspecified atom stereocenters. The van der Waals surface area contributed by atoms with Crippen LogP contribution in [0.4, 0.5) is 0 Å². The Morgan fingerprint density at radius 1 is 0.643 bits per heavy atom. The van der Waals surface area contributed by atoms with Crippen molar-refractivity contribution in [2.24, 2.45) is 0 Å². The molecule has 0 aliphatic rings. The van der Waals surface area contributed by atoms with Crippen LogP contribution in [-0.2, 0) is 20.8 Å². The quantitative estimate of drug-likeness (QED) is 0.191. The molecule has 82 valence electrons. The zero-order valence-electron chi connectivity index (χ0n) is 6.53. The van der Waals surface area contributed by atoms with E-state index in [1.165, 1.54) is 0 Å². The molecule has 0 heterocycles. The van der Waals surface area contributed by atoms with Crippen LogP contribution in [0.15, 0.2) is 0 Å². The van der Waals surface area contributed by atoms with E-state index in [2.05, 4.69) is 0 Å². The minimum absolute atomic E-state index is 0. The molecule has 0 saturated carbocycles. The summed E-state index contributed by atoms with van der Waals surface area (Å²) < 4.78 is 68.2. The van der Waals surface area contributed by atoms with Gasteiger partial charge in [-0.1, -0.05) is 0 Å². The Hall–Kier alpha value is 1.54. The summed E-state index contributed by atoms with van der Waals surface area (Å²) >= 11 is 0. The Kier molecular flexibility index (Phi) is 37.5. The zero-order valence-corrected chi connectivity index (χ0v) is 13.6. The molecule has 2 radical (unpaired) electrons. The van der Waals surface area contributed by atoms with Crippen molar-refractivity contribution in [2.45, 2.75) is 0 Å². The van der Waals surface area contributed by atoms with Gasteiger partial charge in [-0.3, -0.25) is 16.8 Å². The van der Waals surface area contributed by atoms with Crippen molar-refractivity contribution >= 4 is 47.0 Å². The number of rotatable bonds is 0. The van der Waals surface area contributed by atoms with Crippen LogP contribution in [0, 0.1) is 0 Å². The molecular weight excluding hydrogens is 456 g/mol. The fraction of sp³-hybridized carbons (Fsp3) is 0. The van der Waals surface area contributed by atoms with Crippen molar-refractivity contribution in [1.82, 2.24) is 0 Å². The molecule has 0 rings (SSSR count). The summed E-state index contributed by atoms with van der Waals surface area (Å²) in [5.74, 6) is 0. The van der Waals surface area contributed by atoms with E-state index in [4.69, 9.17) is 35.0 Å². The van der Waals surface area contributed by atoms with Crippen LogP contribution in [-0.4, -0.2) is 72.2 Å². The largest absolute Gasteiger partial charge is 3.00 e. The second-order valence-electron chi connectivity index (χ2n) is 0.816. The van der Waals surface area contributed by atoms with Gasteiger partial charge in [0.25, 0.3) is 0 Å². The Morgan fingerprint density at radius 3 is 0.643 bits per heavy atom. The smallest absolute Gasteiger partial charge is 0.759 e. The standard InChI is InChI=1S/Bi.Na.2H2O4S.2H2O/c;;2*1-5(2,3)4;;/h;;2*(H2,1,2,3,4);2*1H2/q+3;+1;;;;/p-4. The molecule has 0 fully saturated rings. The predicted molar refractivity (Wildman–Crippen MR) is 33.9 cm³/mol. The van der Waals surface area contributed by atoms with Crippen LogP contribution in [0.25, 0.3) is 0 Å². The molecule has 10 nitrogen and oxygen atoms in total. The van der Waals surface area contributed by atoms with Gasteiger partial charge in [-0.15, -0.1) is 0 Å². The van der Waals surface area contributed by atoms with Gasteiger partial charge in [0.1, 0.15) is 0 Å². The SMILES string of the molecule is O.O.O=S(=O)([O-])[O-].O=S(=O)([O-])[O-].[Bi+3].[Na+]. The molecule has 0 spiro atoms. The van der Waals surface area contributed by atoms with Gasteiger partial charge in [0, 0.05) is 20.8 Å². The van der Waals surface area contributed by atoms with E-state index >= 15 is 0 Å². The third kappa shape index (κ3) is 895. The predicted octanol–water partition coefficient (Wildman–Crippen LogP) is -7.70. The molecule has 0 saturated heterocycles. The zero-order chi connectivity index (χ0) is 9.00. The van der Waals surface area contributed by atoms with Crippen molar-refractivity contribution in [3.63, 3.8) is 0 Å². The van der Waals surface area contributed by atoms with Crippen LogP contribution in [0.1, 0.15) is 0 Å².